The van der Waals surface area contributed by atoms with Crippen LogP contribution < -0.4 is 9.62 Å². The molecule has 1 atom stereocenters. The van der Waals surface area contributed by atoms with Crippen molar-refractivity contribution < 1.29 is 13.2 Å². The minimum Gasteiger partial charge on any atom is -0.350 e. The highest BCUT2D eigenvalue weighted by Crippen LogP contribution is 2.27. The van der Waals surface area contributed by atoms with Crippen molar-refractivity contribution in [2.24, 2.45) is 0 Å². The molecule has 1 N–H and O–H groups in total. The van der Waals surface area contributed by atoms with E-state index in [0.717, 1.165) is 31.5 Å². The van der Waals surface area contributed by atoms with Crippen molar-refractivity contribution in [3.05, 3.63) is 64.7 Å². The fraction of sp³-hybridized carbons (Fsp3) is 0.409. The molecule has 4 rings (SSSR count). The first-order valence-electron chi connectivity index (χ1n) is 10.3. The molecule has 0 saturated carbocycles. The van der Waals surface area contributed by atoms with Crippen LogP contribution in [0, 0.1) is 0 Å². The van der Waals surface area contributed by atoms with Gasteiger partial charge in [0.15, 0.2) is 0 Å². The summed E-state index contributed by atoms with van der Waals surface area (Å²) in [4.78, 5) is 15.1. The molecule has 2 aromatic rings. The van der Waals surface area contributed by atoms with Crippen molar-refractivity contribution in [2.75, 3.05) is 36.2 Å². The van der Waals surface area contributed by atoms with Crippen LogP contribution in [-0.4, -0.2) is 51.2 Å². The Balaban J connectivity index is 1.44. The third kappa shape index (κ3) is 4.63. The lowest BCUT2D eigenvalue weighted by atomic mass is 10.1. The van der Waals surface area contributed by atoms with Gasteiger partial charge in [0.25, 0.3) is 5.91 Å². The first kappa shape index (κ1) is 21.2. The maximum Gasteiger partial charge on any atom is 0.251 e. The summed E-state index contributed by atoms with van der Waals surface area (Å²) in [5.41, 5.74) is 2.22. The molecule has 2 aliphatic rings. The molecule has 2 aromatic carbocycles. The van der Waals surface area contributed by atoms with Gasteiger partial charge in [-0.1, -0.05) is 23.7 Å². The summed E-state index contributed by atoms with van der Waals surface area (Å²) >= 11 is 6.19. The number of halogens is 1. The fourth-order valence-electron chi connectivity index (χ4n) is 4.22. The Morgan fingerprint density at radius 2 is 1.77 bits per heavy atom. The molecule has 0 bridgehead atoms. The summed E-state index contributed by atoms with van der Waals surface area (Å²) in [6.45, 7) is 2.99. The SMILES string of the molecule is O=C(NCC(c1cccc(Cl)c1)N1CCCC1)c1ccc(N2CCCS2(=O)=O)cc1. The van der Waals surface area contributed by atoms with Crippen LogP contribution in [0.1, 0.15) is 41.2 Å². The van der Waals surface area contributed by atoms with Gasteiger partial charge in [-0.3, -0.25) is 14.0 Å². The summed E-state index contributed by atoms with van der Waals surface area (Å²) in [5, 5.41) is 3.73. The molecule has 2 saturated heterocycles. The van der Waals surface area contributed by atoms with Crippen LogP contribution in [-0.2, 0) is 10.0 Å². The fourth-order valence-corrected chi connectivity index (χ4v) is 5.99. The van der Waals surface area contributed by atoms with E-state index < -0.39 is 10.0 Å². The third-order valence-electron chi connectivity index (χ3n) is 5.79. The average molecular weight is 448 g/mol. The molecule has 8 heteroatoms. The molecule has 30 heavy (non-hydrogen) atoms. The van der Waals surface area contributed by atoms with Gasteiger partial charge in [0.1, 0.15) is 0 Å². The van der Waals surface area contributed by atoms with Crippen LogP contribution in [0.15, 0.2) is 48.5 Å². The molecule has 160 valence electrons. The highest BCUT2D eigenvalue weighted by atomic mass is 35.5. The molecular weight excluding hydrogens is 422 g/mol. The van der Waals surface area contributed by atoms with Crippen LogP contribution in [0.4, 0.5) is 5.69 Å². The lowest BCUT2D eigenvalue weighted by Crippen LogP contribution is -2.36. The van der Waals surface area contributed by atoms with Crippen molar-refractivity contribution in [1.29, 1.82) is 0 Å². The van der Waals surface area contributed by atoms with Gasteiger partial charge in [-0.15, -0.1) is 0 Å². The molecule has 0 aromatic heterocycles. The van der Waals surface area contributed by atoms with Gasteiger partial charge >= 0.3 is 0 Å². The molecule has 6 nitrogen and oxygen atoms in total. The zero-order valence-electron chi connectivity index (χ0n) is 16.8. The Morgan fingerprint density at radius 3 is 2.40 bits per heavy atom. The lowest BCUT2D eigenvalue weighted by molar-refractivity contribution is 0.0938. The predicted molar refractivity (Wildman–Crippen MR) is 120 cm³/mol. The number of amides is 1. The second kappa shape index (κ2) is 8.96. The quantitative estimate of drug-likeness (QED) is 0.736. The van der Waals surface area contributed by atoms with Gasteiger partial charge in [-0.2, -0.15) is 0 Å². The monoisotopic (exact) mass is 447 g/mol. The smallest absolute Gasteiger partial charge is 0.251 e. The molecule has 0 radical (unpaired) electrons. The van der Waals surface area contributed by atoms with Crippen molar-refractivity contribution in [1.82, 2.24) is 10.2 Å². The van der Waals surface area contributed by atoms with E-state index in [9.17, 15) is 13.2 Å². The summed E-state index contributed by atoms with van der Waals surface area (Å²) in [7, 11) is -3.22. The van der Waals surface area contributed by atoms with Crippen LogP contribution >= 0.6 is 11.6 Å². The Kier molecular flexibility index (Phi) is 6.32. The van der Waals surface area contributed by atoms with E-state index in [1.165, 1.54) is 4.31 Å². The number of nitrogens with one attached hydrogen (secondary N) is 1. The minimum atomic E-state index is -3.22. The van der Waals surface area contributed by atoms with Crippen LogP contribution in [0.2, 0.25) is 5.02 Å². The number of likely N-dealkylation sites (tertiary alicyclic amines) is 1. The standard InChI is InChI=1S/C22H26ClN3O3S/c23-19-6-3-5-18(15-19)21(25-11-1-2-12-25)16-24-22(27)17-7-9-20(10-8-17)26-13-4-14-30(26,28)29/h3,5-10,15,21H,1-2,4,11-14,16H2,(H,24,27). The van der Waals surface area contributed by atoms with Gasteiger partial charge in [-0.05, 0) is 74.3 Å². The molecule has 1 unspecified atom stereocenters. The maximum absolute atomic E-state index is 12.7. The normalized spacial score (nSPS) is 19.7. The van der Waals surface area contributed by atoms with Crippen molar-refractivity contribution in [3.63, 3.8) is 0 Å². The number of benzene rings is 2. The van der Waals surface area contributed by atoms with E-state index in [2.05, 4.69) is 10.2 Å². The number of hydrogen-bond acceptors (Lipinski definition) is 4. The topological polar surface area (TPSA) is 69.7 Å². The number of carbonyl (C=O) groups excluding carboxylic acids is 1. The van der Waals surface area contributed by atoms with Crippen LogP contribution in [0.3, 0.4) is 0 Å². The van der Waals surface area contributed by atoms with E-state index in [-0.39, 0.29) is 17.7 Å². The van der Waals surface area contributed by atoms with Crippen LogP contribution in [0.5, 0.6) is 0 Å². The zero-order chi connectivity index (χ0) is 21.1. The molecule has 0 aliphatic carbocycles. The van der Waals surface area contributed by atoms with E-state index in [4.69, 9.17) is 11.6 Å². The maximum atomic E-state index is 12.7. The van der Waals surface area contributed by atoms with E-state index >= 15 is 0 Å². The number of anilines is 1. The summed E-state index contributed by atoms with van der Waals surface area (Å²) in [5.74, 6) is 0.00782. The molecule has 2 fully saturated rings. The highest BCUT2D eigenvalue weighted by molar-refractivity contribution is 7.93. The largest absolute Gasteiger partial charge is 0.350 e. The molecule has 2 heterocycles. The van der Waals surface area contributed by atoms with Gasteiger partial charge in [0, 0.05) is 23.7 Å². The molecular formula is C22H26ClN3O3S. The average Bonchev–Trinajstić information content (AvgIpc) is 3.38. The second-order valence-corrected chi connectivity index (χ2v) is 10.3. The van der Waals surface area contributed by atoms with E-state index in [1.54, 1.807) is 24.3 Å². The Labute approximate surface area is 182 Å². The van der Waals surface area contributed by atoms with E-state index in [1.807, 2.05) is 24.3 Å². The number of nitrogens with zero attached hydrogens (tertiary/aromatic N) is 2. The Hall–Kier alpha value is -2.09. The highest BCUT2D eigenvalue weighted by Gasteiger charge is 2.28. The number of sulfonamides is 1. The van der Waals surface area contributed by atoms with Crippen molar-refractivity contribution in [2.45, 2.75) is 25.3 Å². The number of carbonyl (C=O) groups is 1. The van der Waals surface area contributed by atoms with Gasteiger partial charge < -0.3 is 5.32 Å². The molecule has 0 spiro atoms. The third-order valence-corrected chi connectivity index (χ3v) is 7.89. The Bertz CT molecular complexity index is 1000. The lowest BCUT2D eigenvalue weighted by Gasteiger charge is -2.28. The van der Waals surface area contributed by atoms with E-state index in [0.29, 0.717) is 35.8 Å². The van der Waals surface area contributed by atoms with Crippen molar-refractivity contribution >= 4 is 33.2 Å². The summed E-state index contributed by atoms with van der Waals surface area (Å²) in [6, 6.07) is 14.6. The minimum absolute atomic E-state index is 0.0733. The number of rotatable bonds is 6. The second-order valence-electron chi connectivity index (χ2n) is 7.81. The predicted octanol–water partition coefficient (Wildman–Crippen LogP) is 3.45. The summed E-state index contributed by atoms with van der Waals surface area (Å²) in [6.07, 6.45) is 2.95. The Morgan fingerprint density at radius 1 is 1.03 bits per heavy atom. The van der Waals surface area contributed by atoms with Gasteiger partial charge in [0.05, 0.1) is 17.5 Å². The van der Waals surface area contributed by atoms with Crippen LogP contribution in [0.25, 0.3) is 0 Å². The first-order valence-corrected chi connectivity index (χ1v) is 12.3. The first-order chi connectivity index (χ1) is 14.4. The molecule has 1 amide bonds. The molecule has 2 aliphatic heterocycles. The van der Waals surface area contributed by atoms with Gasteiger partial charge in [-0.25, -0.2) is 8.42 Å². The summed E-state index contributed by atoms with van der Waals surface area (Å²) < 4.78 is 25.6. The number of hydrogen-bond donors (Lipinski definition) is 1. The zero-order valence-corrected chi connectivity index (χ0v) is 18.3. The van der Waals surface area contributed by atoms with Crippen molar-refractivity contribution in [3.8, 4) is 0 Å². The van der Waals surface area contributed by atoms with Gasteiger partial charge in [0.2, 0.25) is 10.0 Å².